The summed E-state index contributed by atoms with van der Waals surface area (Å²) in [5.41, 5.74) is 0. The van der Waals surface area contributed by atoms with Crippen LogP contribution in [-0.2, 0) is 0 Å². The van der Waals surface area contributed by atoms with Crippen LogP contribution < -0.4 is 0 Å². The summed E-state index contributed by atoms with van der Waals surface area (Å²) in [7, 11) is 0. The van der Waals surface area contributed by atoms with Crippen LogP contribution in [0.1, 0.15) is 5.82 Å². The largest absolute Gasteiger partial charge is 0.373 e. The van der Waals surface area contributed by atoms with Crippen LogP contribution in [0.2, 0.25) is 0 Å². The van der Waals surface area contributed by atoms with E-state index in [1.165, 1.54) is 12.7 Å². The van der Waals surface area contributed by atoms with Crippen molar-refractivity contribution in [3.8, 4) is 0 Å². The molecule has 14 heavy (non-hydrogen) atoms. The van der Waals surface area contributed by atoms with Crippen LogP contribution in [0.5, 0.6) is 0 Å². The molecule has 0 amide bonds. The molecule has 0 spiro atoms. The fourth-order valence-corrected chi connectivity index (χ4v) is 1.40. The van der Waals surface area contributed by atoms with Crippen molar-refractivity contribution in [2.45, 2.75) is 6.92 Å². The van der Waals surface area contributed by atoms with Gasteiger partial charge < -0.3 is 0 Å². The summed E-state index contributed by atoms with van der Waals surface area (Å²) in [5, 5.41) is 7.58. The molecule has 0 saturated carbocycles. The Morgan fingerprint density at radius 3 is 2.86 bits per heavy atom. The van der Waals surface area contributed by atoms with Gasteiger partial charge in [0.25, 0.3) is 0 Å². The van der Waals surface area contributed by atoms with Gasteiger partial charge in [0.05, 0.1) is 0 Å². The minimum atomic E-state index is -0.435. The van der Waals surface area contributed by atoms with Crippen LogP contribution >= 0.6 is 15.9 Å². The molecule has 0 aliphatic heterocycles. The molecule has 0 radical (unpaired) electrons. The number of hydrogen-bond donors (Lipinski definition) is 0. The summed E-state index contributed by atoms with van der Waals surface area (Å²) < 4.78 is 2.51. The predicted octanol–water partition coefficient (Wildman–Crippen LogP) is 0.457. The Morgan fingerprint density at radius 2 is 2.36 bits per heavy atom. The van der Waals surface area contributed by atoms with Gasteiger partial charge in [-0.05, 0) is 22.9 Å². The van der Waals surface area contributed by atoms with Crippen molar-refractivity contribution in [1.29, 1.82) is 0 Å². The van der Waals surface area contributed by atoms with Crippen molar-refractivity contribution in [1.82, 2.24) is 29.5 Å². The normalized spacial score (nSPS) is 10.4. The highest BCUT2D eigenvalue weighted by Gasteiger charge is 2.14. The minimum Gasteiger partial charge on any atom is -0.243 e. The van der Waals surface area contributed by atoms with Crippen LogP contribution in [0.25, 0.3) is 0 Å². The van der Waals surface area contributed by atoms with E-state index in [4.69, 9.17) is 0 Å². The van der Waals surface area contributed by atoms with Gasteiger partial charge in [-0.1, -0.05) is 0 Å². The molecule has 0 unspecified atom stereocenters. The number of rotatable bonds is 0. The molecule has 0 aromatic carbocycles. The molecule has 0 bridgehead atoms. The second-order valence-corrected chi connectivity index (χ2v) is 3.17. The Morgan fingerprint density at radius 1 is 1.57 bits per heavy atom. The van der Waals surface area contributed by atoms with E-state index in [0.29, 0.717) is 10.6 Å². The first-order valence-corrected chi connectivity index (χ1v) is 4.46. The monoisotopic (exact) mass is 256 g/mol. The van der Waals surface area contributed by atoms with Crippen molar-refractivity contribution in [2.24, 2.45) is 0 Å². The molecule has 0 atom stereocenters. The number of halogens is 1. The van der Waals surface area contributed by atoms with E-state index < -0.39 is 6.03 Å². The first kappa shape index (κ1) is 9.00. The van der Waals surface area contributed by atoms with Crippen molar-refractivity contribution >= 4 is 22.0 Å². The maximum Gasteiger partial charge on any atom is 0.373 e. The average molecular weight is 257 g/mol. The molecule has 8 heteroatoms. The van der Waals surface area contributed by atoms with Gasteiger partial charge >= 0.3 is 6.03 Å². The molecular formula is C6H5BrN6O. The summed E-state index contributed by atoms with van der Waals surface area (Å²) in [4.78, 5) is 19.2. The number of aryl methyl sites for hydroxylation is 1. The number of hydrogen-bond acceptors (Lipinski definition) is 5. The molecule has 2 rings (SSSR count). The molecule has 7 nitrogen and oxygen atoms in total. The van der Waals surface area contributed by atoms with Crippen molar-refractivity contribution in [3.05, 3.63) is 23.2 Å². The fraction of sp³-hybridized carbons (Fsp3) is 0.167. The van der Waals surface area contributed by atoms with Crippen molar-refractivity contribution in [3.63, 3.8) is 0 Å². The molecule has 2 heterocycles. The second-order valence-electron chi connectivity index (χ2n) is 2.46. The summed E-state index contributed by atoms with van der Waals surface area (Å²) in [6, 6.07) is -0.435. The second kappa shape index (κ2) is 3.29. The highest BCUT2D eigenvalue weighted by atomic mass is 79.9. The van der Waals surface area contributed by atoms with Crippen LogP contribution in [-0.4, -0.2) is 35.6 Å². The van der Waals surface area contributed by atoms with E-state index in [2.05, 4.69) is 36.1 Å². The van der Waals surface area contributed by atoms with E-state index >= 15 is 0 Å². The third-order valence-electron chi connectivity index (χ3n) is 1.47. The lowest BCUT2D eigenvalue weighted by molar-refractivity contribution is 0.237. The van der Waals surface area contributed by atoms with Gasteiger partial charge in [-0.25, -0.2) is 14.8 Å². The highest BCUT2D eigenvalue weighted by Crippen LogP contribution is 2.06. The number of nitrogens with zero attached hydrogens (tertiary/aromatic N) is 6. The van der Waals surface area contributed by atoms with Gasteiger partial charge in [-0.15, -0.1) is 5.10 Å². The lowest BCUT2D eigenvalue weighted by atomic mass is 10.8. The van der Waals surface area contributed by atoms with Gasteiger partial charge in [-0.3, -0.25) is 0 Å². The van der Waals surface area contributed by atoms with E-state index in [1.807, 2.05) is 0 Å². The van der Waals surface area contributed by atoms with Crippen molar-refractivity contribution in [2.75, 3.05) is 0 Å². The Kier molecular flexibility index (Phi) is 2.12. The molecule has 2 aromatic rings. The molecule has 72 valence electrons. The predicted molar refractivity (Wildman–Crippen MR) is 48.7 cm³/mol. The Labute approximate surface area is 86.9 Å². The van der Waals surface area contributed by atoms with E-state index in [9.17, 15) is 4.79 Å². The lowest BCUT2D eigenvalue weighted by Crippen LogP contribution is -2.21. The SMILES string of the molecule is Cc1nc(Br)n(C(=O)n2cncn2)n1. The highest BCUT2D eigenvalue weighted by molar-refractivity contribution is 9.10. The zero-order valence-corrected chi connectivity index (χ0v) is 8.71. The van der Waals surface area contributed by atoms with Gasteiger partial charge in [0, 0.05) is 0 Å². The van der Waals surface area contributed by atoms with Crippen LogP contribution in [0.3, 0.4) is 0 Å². The smallest absolute Gasteiger partial charge is 0.243 e. The fourth-order valence-electron chi connectivity index (χ4n) is 0.915. The Hall–Kier alpha value is -1.57. The summed E-state index contributed by atoms with van der Waals surface area (Å²) in [5.74, 6) is 0.505. The van der Waals surface area contributed by atoms with Crippen LogP contribution in [0.15, 0.2) is 17.4 Å². The zero-order valence-electron chi connectivity index (χ0n) is 7.12. The van der Waals surface area contributed by atoms with Crippen LogP contribution in [0.4, 0.5) is 4.79 Å². The summed E-state index contributed by atoms with van der Waals surface area (Å²) in [6.07, 6.45) is 2.57. The molecule has 2 aromatic heterocycles. The standard InChI is InChI=1S/C6H5BrN6O/c1-4-10-5(7)13(11-4)6(14)12-3-8-2-9-12/h2-3H,1H3. The van der Waals surface area contributed by atoms with Gasteiger partial charge in [0.1, 0.15) is 18.5 Å². The first-order valence-electron chi connectivity index (χ1n) is 3.67. The quantitative estimate of drug-likeness (QED) is 0.684. The molecule has 0 aliphatic carbocycles. The Bertz CT molecular complexity index is 461. The van der Waals surface area contributed by atoms with Gasteiger partial charge in [-0.2, -0.15) is 14.5 Å². The van der Waals surface area contributed by atoms with E-state index in [0.717, 1.165) is 9.36 Å². The Balaban J connectivity index is 2.41. The number of carbonyl (C=O) groups is 1. The van der Waals surface area contributed by atoms with Crippen LogP contribution in [0, 0.1) is 6.92 Å². The topological polar surface area (TPSA) is 78.5 Å². The molecule has 0 fully saturated rings. The minimum absolute atomic E-state index is 0.343. The number of carbonyl (C=O) groups excluding carboxylic acids is 1. The first-order chi connectivity index (χ1) is 6.68. The third-order valence-corrected chi connectivity index (χ3v) is 1.98. The maximum absolute atomic E-state index is 11.6. The van der Waals surface area contributed by atoms with Gasteiger partial charge in [0.2, 0.25) is 4.73 Å². The van der Waals surface area contributed by atoms with E-state index in [-0.39, 0.29) is 0 Å². The van der Waals surface area contributed by atoms with Crippen molar-refractivity contribution < 1.29 is 4.79 Å². The molecule has 0 aliphatic rings. The van der Waals surface area contributed by atoms with Gasteiger partial charge in [0.15, 0.2) is 0 Å². The summed E-state index contributed by atoms with van der Waals surface area (Å²) in [6.45, 7) is 1.69. The van der Waals surface area contributed by atoms with E-state index in [1.54, 1.807) is 6.92 Å². The zero-order chi connectivity index (χ0) is 10.1. The lowest BCUT2D eigenvalue weighted by Gasteiger charge is -1.97. The molecule has 0 saturated heterocycles. The summed E-state index contributed by atoms with van der Waals surface area (Å²) >= 11 is 3.11. The third kappa shape index (κ3) is 1.43. The molecule has 0 N–H and O–H groups in total. The maximum atomic E-state index is 11.6. The number of aromatic nitrogens is 6. The average Bonchev–Trinajstić information content (AvgIpc) is 2.73. The molecular weight excluding hydrogens is 252 g/mol.